The van der Waals surface area contributed by atoms with Gasteiger partial charge in [0.25, 0.3) is 0 Å². The van der Waals surface area contributed by atoms with E-state index in [1.165, 1.54) is 18.3 Å². The highest BCUT2D eigenvalue weighted by atomic mass is 32.2. The van der Waals surface area contributed by atoms with Crippen molar-refractivity contribution >= 4 is 40.4 Å². The Bertz CT molecular complexity index is 1190. The Kier molecular flexibility index (Phi) is 8.55. The summed E-state index contributed by atoms with van der Waals surface area (Å²) in [6.07, 6.45) is 1.24. The lowest BCUT2D eigenvalue weighted by molar-refractivity contribution is -0.114. The fraction of sp³-hybridized carbons (Fsp3) is 0.320. The van der Waals surface area contributed by atoms with Crippen molar-refractivity contribution in [2.24, 2.45) is 0 Å². The third-order valence-electron chi connectivity index (χ3n) is 4.39. The first kappa shape index (κ1) is 26.7. The number of ether oxygens (including phenoxy) is 1. The number of hydrogen-bond acceptors (Lipinski definition) is 7. The third kappa shape index (κ3) is 7.79. The van der Waals surface area contributed by atoms with Gasteiger partial charge in [-0.3, -0.25) is 4.79 Å². The van der Waals surface area contributed by atoms with E-state index in [0.29, 0.717) is 16.3 Å². The van der Waals surface area contributed by atoms with Gasteiger partial charge in [0.15, 0.2) is 4.90 Å². The predicted octanol–water partition coefficient (Wildman–Crippen LogP) is 5.34. The summed E-state index contributed by atoms with van der Waals surface area (Å²) in [5, 5.41) is 6.19. The highest BCUT2D eigenvalue weighted by molar-refractivity contribution is 7.89. The molecule has 1 heterocycles. The number of carbonyl (C=O) groups is 2. The molecular formula is C25H30N4O4S2. The van der Waals surface area contributed by atoms with E-state index in [-0.39, 0.29) is 17.5 Å². The first-order chi connectivity index (χ1) is 16.4. The number of hydrogen-bond donors (Lipinski definition) is 3. The number of nitrogens with zero attached hydrogens (tertiary/aromatic N) is 1. The molecule has 0 saturated carbocycles. The molecule has 35 heavy (non-hydrogen) atoms. The van der Waals surface area contributed by atoms with Gasteiger partial charge in [0.2, 0.25) is 5.91 Å². The van der Waals surface area contributed by atoms with Crippen LogP contribution in [0, 0.1) is 0 Å². The molecule has 10 heteroatoms. The Balaban J connectivity index is 1.87. The van der Waals surface area contributed by atoms with Crippen LogP contribution in [0.3, 0.4) is 0 Å². The summed E-state index contributed by atoms with van der Waals surface area (Å²) in [5.41, 5.74) is 1.83. The minimum atomic E-state index is -1.52. The van der Waals surface area contributed by atoms with Gasteiger partial charge in [-0.2, -0.15) is 0 Å². The van der Waals surface area contributed by atoms with E-state index in [0.717, 1.165) is 21.0 Å². The van der Waals surface area contributed by atoms with E-state index < -0.39 is 17.5 Å². The van der Waals surface area contributed by atoms with Crippen LogP contribution in [-0.2, 0) is 16.2 Å². The Morgan fingerprint density at radius 2 is 1.80 bits per heavy atom. The molecule has 3 N–H and O–H groups in total. The molecule has 1 unspecified atom stereocenters. The molecule has 0 spiro atoms. The first-order valence-corrected chi connectivity index (χ1v) is 13.0. The summed E-state index contributed by atoms with van der Waals surface area (Å²) < 4.78 is 21.6. The Hall–Kier alpha value is -2.92. The van der Waals surface area contributed by atoms with Crippen molar-refractivity contribution in [3.05, 3.63) is 48.7 Å². The molecule has 186 valence electrons. The molecule has 0 bridgehead atoms. The van der Waals surface area contributed by atoms with Crippen molar-refractivity contribution in [1.29, 1.82) is 0 Å². The topological polar surface area (TPSA) is 115 Å². The second-order valence-corrected chi connectivity index (χ2v) is 11.5. The molecule has 1 aromatic heterocycles. The number of rotatable bonds is 7. The summed E-state index contributed by atoms with van der Waals surface area (Å²) in [4.78, 5) is 29.3. The van der Waals surface area contributed by atoms with Crippen LogP contribution >= 0.6 is 11.3 Å². The zero-order valence-electron chi connectivity index (χ0n) is 20.6. The maximum atomic E-state index is 13.2. The summed E-state index contributed by atoms with van der Waals surface area (Å²) in [5.74, 6) is 0.232. The highest BCUT2D eigenvalue weighted by Gasteiger charge is 2.25. The zero-order valence-corrected chi connectivity index (χ0v) is 22.2. The lowest BCUT2D eigenvalue weighted by Gasteiger charge is -2.23. The number of thiazole rings is 1. The smallest absolute Gasteiger partial charge is 0.412 e. The van der Waals surface area contributed by atoms with E-state index in [2.05, 4.69) is 20.3 Å². The fourth-order valence-corrected chi connectivity index (χ4v) is 5.37. The van der Waals surface area contributed by atoms with E-state index in [4.69, 9.17) is 4.74 Å². The maximum Gasteiger partial charge on any atom is 0.412 e. The maximum absolute atomic E-state index is 13.2. The van der Waals surface area contributed by atoms with Gasteiger partial charge < -0.3 is 19.9 Å². The second-order valence-electron chi connectivity index (χ2n) is 9.26. The summed E-state index contributed by atoms with van der Waals surface area (Å²) >= 11 is -0.0597. The van der Waals surface area contributed by atoms with Crippen molar-refractivity contribution in [2.75, 3.05) is 5.32 Å². The minimum Gasteiger partial charge on any atom is -0.593 e. The Morgan fingerprint density at radius 3 is 2.40 bits per heavy atom. The van der Waals surface area contributed by atoms with Crippen molar-refractivity contribution in [3.63, 3.8) is 0 Å². The van der Waals surface area contributed by atoms with Gasteiger partial charge in [-0.1, -0.05) is 0 Å². The number of anilines is 1. The van der Waals surface area contributed by atoms with Crippen LogP contribution in [0.2, 0.25) is 0 Å². The van der Waals surface area contributed by atoms with Crippen molar-refractivity contribution in [3.8, 4) is 26.8 Å². The van der Waals surface area contributed by atoms with Gasteiger partial charge in [-0.05, 0) is 71.0 Å². The van der Waals surface area contributed by atoms with Gasteiger partial charge in [0.1, 0.15) is 10.8 Å². The van der Waals surface area contributed by atoms with Crippen molar-refractivity contribution < 1.29 is 18.9 Å². The lowest BCUT2D eigenvalue weighted by atomic mass is 10.1. The second kappa shape index (κ2) is 11.2. The molecule has 2 amide bonds. The number of aromatic nitrogens is 1. The SMILES string of the molecule is CC(=O)Nc1ccc(-c2cnc(-c3ccc(OC(=O)NC(C)C)cc3)s2)c([S+]([O-])NC(C)(C)C)c1. The molecule has 8 nitrogen and oxygen atoms in total. The molecule has 0 saturated heterocycles. The van der Waals surface area contributed by atoms with Gasteiger partial charge in [-0.25, -0.2) is 9.78 Å². The Morgan fingerprint density at radius 1 is 1.11 bits per heavy atom. The molecule has 0 radical (unpaired) electrons. The van der Waals surface area contributed by atoms with Crippen molar-refractivity contribution in [2.45, 2.75) is 58.0 Å². The number of nitrogens with one attached hydrogen (secondary N) is 3. The monoisotopic (exact) mass is 514 g/mol. The quantitative estimate of drug-likeness (QED) is 0.367. The third-order valence-corrected chi connectivity index (χ3v) is 7.00. The predicted molar refractivity (Wildman–Crippen MR) is 141 cm³/mol. The van der Waals surface area contributed by atoms with Gasteiger partial charge >= 0.3 is 6.09 Å². The van der Waals surface area contributed by atoms with Crippen molar-refractivity contribution in [1.82, 2.24) is 15.0 Å². The van der Waals surface area contributed by atoms with Crippen LogP contribution in [0.5, 0.6) is 5.75 Å². The van der Waals surface area contributed by atoms with E-state index in [1.54, 1.807) is 30.5 Å². The van der Waals surface area contributed by atoms with E-state index >= 15 is 0 Å². The zero-order chi connectivity index (χ0) is 25.8. The standard InChI is InChI=1S/C25H30N4O4S2/c1-15(2)27-24(31)33-19-10-7-17(8-11-19)23-26-14-21(34-23)20-12-9-18(28-16(3)30)13-22(20)35(32)29-25(4,5)6/h7-15,29H,1-6H3,(H,27,31)(H,28,30). The van der Waals surface area contributed by atoms with Gasteiger partial charge in [0.05, 0.1) is 27.3 Å². The number of benzene rings is 2. The van der Waals surface area contributed by atoms with E-state index in [9.17, 15) is 14.1 Å². The average molecular weight is 515 g/mol. The molecule has 1 atom stereocenters. The molecule has 0 fully saturated rings. The van der Waals surface area contributed by atoms with Crippen LogP contribution < -0.4 is 20.1 Å². The minimum absolute atomic E-state index is 0.0133. The summed E-state index contributed by atoms with van der Waals surface area (Å²) in [6, 6.07) is 12.4. The van der Waals surface area contributed by atoms with Crippen LogP contribution in [0.4, 0.5) is 10.5 Å². The highest BCUT2D eigenvalue weighted by Crippen LogP contribution is 2.37. The first-order valence-electron chi connectivity index (χ1n) is 11.1. The normalized spacial score (nSPS) is 12.3. The van der Waals surface area contributed by atoms with Crippen LogP contribution in [-0.4, -0.2) is 33.1 Å². The lowest BCUT2D eigenvalue weighted by Crippen LogP contribution is -2.40. The molecular weight excluding hydrogens is 484 g/mol. The molecule has 2 aromatic carbocycles. The van der Waals surface area contributed by atoms with E-state index in [1.807, 2.05) is 52.8 Å². The Labute approximate surface area is 212 Å². The van der Waals surface area contributed by atoms with Gasteiger partial charge in [-0.15, -0.1) is 16.1 Å². The molecule has 0 aliphatic carbocycles. The fourth-order valence-electron chi connectivity index (χ4n) is 3.06. The number of amides is 2. The molecule has 3 rings (SSSR count). The van der Waals surface area contributed by atoms with Crippen LogP contribution in [0.25, 0.3) is 21.0 Å². The number of carbonyl (C=O) groups excluding carboxylic acids is 2. The molecule has 3 aromatic rings. The summed E-state index contributed by atoms with van der Waals surface area (Å²) in [7, 11) is 0. The van der Waals surface area contributed by atoms with Crippen LogP contribution in [0.1, 0.15) is 41.5 Å². The molecule has 0 aliphatic heterocycles. The largest absolute Gasteiger partial charge is 0.593 e. The van der Waals surface area contributed by atoms with Crippen LogP contribution in [0.15, 0.2) is 53.6 Å². The molecule has 0 aliphatic rings. The van der Waals surface area contributed by atoms with Gasteiger partial charge in [0, 0.05) is 36.5 Å². The summed E-state index contributed by atoms with van der Waals surface area (Å²) in [6.45, 7) is 11.0. The average Bonchev–Trinajstić information content (AvgIpc) is 3.22.